The van der Waals surface area contributed by atoms with E-state index < -0.39 is 16.5 Å². The summed E-state index contributed by atoms with van der Waals surface area (Å²) in [6.07, 6.45) is 0.922. The maximum Gasteiger partial charge on any atom is 0.344 e. The number of pyridine rings is 1. The molecule has 0 amide bonds. The lowest BCUT2D eigenvalue weighted by Gasteiger charge is -1.99. The Hall–Kier alpha value is -2.18. The van der Waals surface area contributed by atoms with E-state index in [-0.39, 0.29) is 17.9 Å². The van der Waals surface area contributed by atoms with Crippen molar-refractivity contribution in [2.24, 2.45) is 0 Å². The molecule has 7 nitrogen and oxygen atoms in total. The standard InChI is InChI=1S/C8H8N2O5/c1-2-15-8(12)6-3-5(10(13)14)4-9-7(6)11/h3-4H,2H2,1H3,(H,9,11). The molecule has 0 aliphatic carbocycles. The van der Waals surface area contributed by atoms with Crippen LogP contribution in [0.25, 0.3) is 0 Å². The number of esters is 1. The molecular weight excluding hydrogens is 204 g/mol. The van der Waals surface area contributed by atoms with Gasteiger partial charge in [-0.15, -0.1) is 0 Å². The Balaban J connectivity index is 3.16. The van der Waals surface area contributed by atoms with E-state index in [0.717, 1.165) is 12.3 Å². The van der Waals surface area contributed by atoms with Crippen LogP contribution in [-0.2, 0) is 4.74 Å². The summed E-state index contributed by atoms with van der Waals surface area (Å²) in [7, 11) is 0. The Morgan fingerprint density at radius 3 is 2.87 bits per heavy atom. The number of H-pyrrole nitrogens is 1. The number of rotatable bonds is 3. The summed E-state index contributed by atoms with van der Waals surface area (Å²) < 4.78 is 4.56. The van der Waals surface area contributed by atoms with E-state index in [1.54, 1.807) is 6.92 Å². The highest BCUT2D eigenvalue weighted by Gasteiger charge is 2.16. The van der Waals surface area contributed by atoms with E-state index in [9.17, 15) is 19.7 Å². The lowest BCUT2D eigenvalue weighted by Crippen LogP contribution is -2.19. The van der Waals surface area contributed by atoms with Crippen molar-refractivity contribution in [3.63, 3.8) is 0 Å². The molecule has 0 aliphatic rings. The summed E-state index contributed by atoms with van der Waals surface area (Å²) >= 11 is 0. The number of aromatic amines is 1. The third-order valence-corrected chi connectivity index (χ3v) is 1.59. The van der Waals surface area contributed by atoms with Crippen LogP contribution in [0.15, 0.2) is 17.1 Å². The normalized spacial score (nSPS) is 9.67. The second-order valence-electron chi connectivity index (χ2n) is 2.58. The summed E-state index contributed by atoms with van der Waals surface area (Å²) in [4.78, 5) is 34.1. The SMILES string of the molecule is CCOC(=O)c1cc([N+](=O)[O-])c[nH]c1=O. The quantitative estimate of drug-likeness (QED) is 0.445. The number of ether oxygens (including phenoxy) is 1. The van der Waals surface area contributed by atoms with Gasteiger partial charge in [0, 0.05) is 6.07 Å². The minimum atomic E-state index is -0.873. The van der Waals surface area contributed by atoms with E-state index in [1.165, 1.54) is 0 Å². The van der Waals surface area contributed by atoms with Crippen molar-refractivity contribution in [1.29, 1.82) is 0 Å². The second kappa shape index (κ2) is 4.36. The van der Waals surface area contributed by atoms with Gasteiger partial charge in [-0.3, -0.25) is 14.9 Å². The number of aromatic nitrogens is 1. The van der Waals surface area contributed by atoms with Crippen LogP contribution in [0.2, 0.25) is 0 Å². The molecule has 1 aromatic heterocycles. The first-order chi connectivity index (χ1) is 7.06. The van der Waals surface area contributed by atoms with E-state index in [0.29, 0.717) is 0 Å². The fraction of sp³-hybridized carbons (Fsp3) is 0.250. The molecule has 0 saturated carbocycles. The van der Waals surface area contributed by atoms with Gasteiger partial charge in [-0.25, -0.2) is 4.79 Å². The number of hydrogen-bond acceptors (Lipinski definition) is 5. The van der Waals surface area contributed by atoms with Gasteiger partial charge in [0.05, 0.1) is 17.7 Å². The van der Waals surface area contributed by atoms with Crippen LogP contribution in [0.5, 0.6) is 0 Å². The molecule has 1 rings (SSSR count). The molecule has 0 radical (unpaired) electrons. The van der Waals surface area contributed by atoms with Crippen molar-refractivity contribution in [3.8, 4) is 0 Å². The lowest BCUT2D eigenvalue weighted by atomic mass is 10.2. The maximum atomic E-state index is 11.2. The topological polar surface area (TPSA) is 102 Å². The Bertz CT molecular complexity index is 451. The third-order valence-electron chi connectivity index (χ3n) is 1.59. The molecule has 0 bridgehead atoms. The van der Waals surface area contributed by atoms with Crippen molar-refractivity contribution in [2.45, 2.75) is 6.92 Å². The van der Waals surface area contributed by atoms with Gasteiger partial charge in [0.2, 0.25) is 0 Å². The Morgan fingerprint density at radius 2 is 2.33 bits per heavy atom. The Labute approximate surface area is 83.8 Å². The highest BCUT2D eigenvalue weighted by Crippen LogP contribution is 2.08. The van der Waals surface area contributed by atoms with Gasteiger partial charge in [-0.05, 0) is 6.92 Å². The van der Waals surface area contributed by atoms with Crippen molar-refractivity contribution >= 4 is 11.7 Å². The lowest BCUT2D eigenvalue weighted by molar-refractivity contribution is -0.385. The maximum absolute atomic E-state index is 11.2. The predicted molar refractivity (Wildman–Crippen MR) is 49.7 cm³/mol. The molecule has 1 N–H and O–H groups in total. The molecule has 0 fully saturated rings. The molecule has 15 heavy (non-hydrogen) atoms. The first-order valence-corrected chi connectivity index (χ1v) is 4.10. The first kappa shape index (κ1) is 10.9. The van der Waals surface area contributed by atoms with Crippen LogP contribution in [0.4, 0.5) is 5.69 Å². The van der Waals surface area contributed by atoms with Gasteiger partial charge < -0.3 is 9.72 Å². The summed E-state index contributed by atoms with van der Waals surface area (Å²) in [6, 6.07) is 0.886. The molecule has 0 aromatic carbocycles. The highest BCUT2D eigenvalue weighted by atomic mass is 16.6. The molecule has 1 heterocycles. The molecule has 1 aromatic rings. The molecule has 0 spiro atoms. The van der Waals surface area contributed by atoms with E-state index in [1.807, 2.05) is 0 Å². The van der Waals surface area contributed by atoms with Crippen LogP contribution in [0.3, 0.4) is 0 Å². The van der Waals surface area contributed by atoms with Gasteiger partial charge in [-0.1, -0.05) is 0 Å². The Morgan fingerprint density at radius 1 is 1.67 bits per heavy atom. The van der Waals surface area contributed by atoms with Gasteiger partial charge in [-0.2, -0.15) is 0 Å². The van der Waals surface area contributed by atoms with Crippen molar-refractivity contribution in [2.75, 3.05) is 6.61 Å². The van der Waals surface area contributed by atoms with Gasteiger partial charge >= 0.3 is 5.97 Å². The number of nitrogens with one attached hydrogen (secondary N) is 1. The zero-order valence-electron chi connectivity index (χ0n) is 7.85. The molecule has 0 aliphatic heterocycles. The Kier molecular flexibility index (Phi) is 3.17. The fourth-order valence-corrected chi connectivity index (χ4v) is 0.938. The summed E-state index contributed by atoms with van der Waals surface area (Å²) in [5.41, 5.74) is -1.44. The van der Waals surface area contributed by atoms with Gasteiger partial charge in [0.15, 0.2) is 0 Å². The number of nitro groups is 1. The third kappa shape index (κ3) is 2.39. The molecular formula is C8H8N2O5. The predicted octanol–water partition coefficient (Wildman–Crippen LogP) is 0.460. The number of carbonyl (C=O) groups excluding carboxylic acids is 1. The smallest absolute Gasteiger partial charge is 0.344 e. The molecule has 80 valence electrons. The van der Waals surface area contributed by atoms with Crippen molar-refractivity contribution in [1.82, 2.24) is 4.98 Å². The van der Waals surface area contributed by atoms with Crippen LogP contribution in [-0.4, -0.2) is 22.5 Å². The van der Waals surface area contributed by atoms with Crippen LogP contribution in [0, 0.1) is 10.1 Å². The number of hydrogen-bond donors (Lipinski definition) is 1. The zero-order chi connectivity index (χ0) is 11.4. The summed E-state index contributed by atoms with van der Waals surface area (Å²) in [5, 5.41) is 10.4. The van der Waals surface area contributed by atoms with Gasteiger partial charge in [0.1, 0.15) is 5.56 Å². The minimum absolute atomic E-state index is 0.0982. The summed E-state index contributed by atoms with van der Waals surface area (Å²) in [5.74, 6) is -0.873. The summed E-state index contributed by atoms with van der Waals surface area (Å²) in [6.45, 7) is 1.67. The second-order valence-corrected chi connectivity index (χ2v) is 2.58. The number of nitrogens with zero attached hydrogens (tertiary/aromatic N) is 1. The minimum Gasteiger partial charge on any atom is -0.462 e. The average molecular weight is 212 g/mol. The highest BCUT2D eigenvalue weighted by molar-refractivity contribution is 5.89. The monoisotopic (exact) mass is 212 g/mol. The van der Waals surface area contributed by atoms with Crippen LogP contribution >= 0.6 is 0 Å². The van der Waals surface area contributed by atoms with Crippen molar-refractivity contribution in [3.05, 3.63) is 38.3 Å². The largest absolute Gasteiger partial charge is 0.462 e. The van der Waals surface area contributed by atoms with E-state index in [2.05, 4.69) is 9.72 Å². The number of carbonyl (C=O) groups is 1. The average Bonchev–Trinajstić information content (AvgIpc) is 2.18. The molecule has 0 atom stereocenters. The molecule has 0 saturated heterocycles. The van der Waals surface area contributed by atoms with E-state index in [4.69, 9.17) is 0 Å². The first-order valence-electron chi connectivity index (χ1n) is 4.10. The van der Waals surface area contributed by atoms with Crippen LogP contribution in [0.1, 0.15) is 17.3 Å². The zero-order valence-corrected chi connectivity index (χ0v) is 7.85. The molecule has 7 heteroatoms. The van der Waals surface area contributed by atoms with Crippen molar-refractivity contribution < 1.29 is 14.5 Å². The fourth-order valence-electron chi connectivity index (χ4n) is 0.938. The van der Waals surface area contributed by atoms with E-state index >= 15 is 0 Å². The van der Waals surface area contributed by atoms with Gasteiger partial charge in [0.25, 0.3) is 11.2 Å². The molecule has 0 unspecified atom stereocenters. The van der Waals surface area contributed by atoms with Crippen LogP contribution < -0.4 is 5.56 Å².